The molecule has 2 heteroatoms. The zero-order valence-electron chi connectivity index (χ0n) is 9.61. The highest BCUT2D eigenvalue weighted by molar-refractivity contribution is 5.88. The van der Waals surface area contributed by atoms with Crippen LogP contribution in [0, 0.1) is 24.2 Å². The Hall–Kier alpha value is -1.62. The van der Waals surface area contributed by atoms with E-state index in [1.54, 1.807) is 0 Å². The molecule has 2 nitrogen and oxygen atoms in total. The molecule has 1 saturated carbocycles. The van der Waals surface area contributed by atoms with E-state index in [-0.39, 0.29) is 5.92 Å². The minimum Gasteiger partial charge on any atom is -0.258 e. The summed E-state index contributed by atoms with van der Waals surface area (Å²) in [6.07, 6.45) is 4.03. The number of nitriles is 1. The van der Waals surface area contributed by atoms with Crippen LogP contribution in [0.3, 0.4) is 0 Å². The molecule has 1 aromatic carbocycles. The summed E-state index contributed by atoms with van der Waals surface area (Å²) in [7, 11) is 0. The largest absolute Gasteiger partial charge is 0.258 e. The standard InChI is InChI=1S/C14H16N2/c1-11-5-7-13(8-6-11)16-14-4-2-3-12(9-14)10-15/h5-8,12H,2-4,9H2,1H3. The number of benzene rings is 1. The van der Waals surface area contributed by atoms with Gasteiger partial charge in [-0.25, -0.2) is 0 Å². The van der Waals surface area contributed by atoms with Crippen molar-refractivity contribution in [1.29, 1.82) is 5.26 Å². The normalized spacial score (nSPS) is 23.0. The second-order valence-corrected chi connectivity index (χ2v) is 4.44. The Labute approximate surface area is 96.6 Å². The molecule has 0 bridgehead atoms. The predicted molar refractivity (Wildman–Crippen MR) is 65.8 cm³/mol. The minimum atomic E-state index is 0.179. The fourth-order valence-corrected chi connectivity index (χ4v) is 2.05. The number of hydrogen-bond acceptors (Lipinski definition) is 2. The van der Waals surface area contributed by atoms with Crippen molar-refractivity contribution in [3.8, 4) is 6.07 Å². The van der Waals surface area contributed by atoms with Gasteiger partial charge in [0.1, 0.15) is 0 Å². The summed E-state index contributed by atoms with van der Waals surface area (Å²) in [5.74, 6) is 0.179. The first kappa shape index (κ1) is 10.9. The monoisotopic (exact) mass is 212 g/mol. The molecule has 2 rings (SSSR count). The molecule has 16 heavy (non-hydrogen) atoms. The van der Waals surface area contributed by atoms with E-state index in [1.165, 1.54) is 11.3 Å². The van der Waals surface area contributed by atoms with Gasteiger partial charge in [0, 0.05) is 12.1 Å². The average Bonchev–Trinajstić information content (AvgIpc) is 2.32. The summed E-state index contributed by atoms with van der Waals surface area (Å²) in [5, 5.41) is 8.91. The van der Waals surface area contributed by atoms with E-state index in [0.29, 0.717) is 0 Å². The van der Waals surface area contributed by atoms with Crippen LogP contribution < -0.4 is 0 Å². The summed E-state index contributed by atoms with van der Waals surface area (Å²) >= 11 is 0. The Kier molecular flexibility index (Phi) is 3.36. The molecule has 1 aliphatic carbocycles. The molecule has 0 N–H and O–H groups in total. The molecule has 1 atom stereocenters. The fourth-order valence-electron chi connectivity index (χ4n) is 2.05. The van der Waals surface area contributed by atoms with Crippen molar-refractivity contribution in [3.05, 3.63) is 29.8 Å². The lowest BCUT2D eigenvalue weighted by Gasteiger charge is -2.17. The molecular formula is C14H16N2. The van der Waals surface area contributed by atoms with Gasteiger partial charge in [-0.15, -0.1) is 0 Å². The maximum Gasteiger partial charge on any atom is 0.0659 e. The van der Waals surface area contributed by atoms with Crippen molar-refractivity contribution in [3.63, 3.8) is 0 Å². The maximum atomic E-state index is 8.91. The average molecular weight is 212 g/mol. The van der Waals surface area contributed by atoms with Gasteiger partial charge in [-0.3, -0.25) is 4.99 Å². The lowest BCUT2D eigenvalue weighted by molar-refractivity contribution is 0.559. The maximum absolute atomic E-state index is 8.91. The summed E-state index contributed by atoms with van der Waals surface area (Å²) in [6, 6.07) is 10.6. The molecular weight excluding hydrogens is 196 g/mol. The second-order valence-electron chi connectivity index (χ2n) is 4.44. The first-order chi connectivity index (χ1) is 7.78. The second kappa shape index (κ2) is 4.94. The smallest absolute Gasteiger partial charge is 0.0659 e. The van der Waals surface area contributed by atoms with Gasteiger partial charge in [-0.2, -0.15) is 5.26 Å². The summed E-state index contributed by atoms with van der Waals surface area (Å²) < 4.78 is 0. The van der Waals surface area contributed by atoms with Crippen molar-refractivity contribution in [2.24, 2.45) is 10.9 Å². The van der Waals surface area contributed by atoms with Gasteiger partial charge in [0.05, 0.1) is 17.7 Å². The van der Waals surface area contributed by atoms with Crippen LogP contribution in [-0.4, -0.2) is 5.71 Å². The molecule has 1 unspecified atom stereocenters. The van der Waals surface area contributed by atoms with Crippen LogP contribution in [0.2, 0.25) is 0 Å². The van der Waals surface area contributed by atoms with E-state index in [4.69, 9.17) is 5.26 Å². The van der Waals surface area contributed by atoms with Gasteiger partial charge in [-0.1, -0.05) is 17.7 Å². The summed E-state index contributed by atoms with van der Waals surface area (Å²) in [6.45, 7) is 2.07. The Balaban J connectivity index is 2.12. The van der Waals surface area contributed by atoms with Crippen molar-refractivity contribution >= 4 is 11.4 Å². The van der Waals surface area contributed by atoms with Crippen molar-refractivity contribution in [1.82, 2.24) is 0 Å². The van der Waals surface area contributed by atoms with E-state index >= 15 is 0 Å². The van der Waals surface area contributed by atoms with E-state index in [9.17, 15) is 0 Å². The lowest BCUT2D eigenvalue weighted by atomic mass is 9.89. The topological polar surface area (TPSA) is 36.1 Å². The van der Waals surface area contributed by atoms with Crippen LogP contribution in [0.1, 0.15) is 31.2 Å². The molecule has 0 heterocycles. The van der Waals surface area contributed by atoms with Crippen LogP contribution in [0.4, 0.5) is 5.69 Å². The van der Waals surface area contributed by atoms with E-state index in [0.717, 1.165) is 31.4 Å². The van der Waals surface area contributed by atoms with Gasteiger partial charge in [0.2, 0.25) is 0 Å². The van der Waals surface area contributed by atoms with E-state index in [1.807, 2.05) is 12.1 Å². The zero-order valence-corrected chi connectivity index (χ0v) is 9.61. The molecule has 0 aliphatic heterocycles. The molecule has 0 spiro atoms. The molecule has 0 amide bonds. The molecule has 0 radical (unpaired) electrons. The molecule has 1 aliphatic rings. The van der Waals surface area contributed by atoms with Gasteiger partial charge in [0.25, 0.3) is 0 Å². The molecule has 1 aromatic rings. The Morgan fingerprint density at radius 2 is 2.06 bits per heavy atom. The summed E-state index contributed by atoms with van der Waals surface area (Å²) in [4.78, 5) is 4.62. The number of nitrogens with zero attached hydrogens (tertiary/aromatic N) is 2. The Morgan fingerprint density at radius 1 is 1.31 bits per heavy atom. The van der Waals surface area contributed by atoms with Crippen molar-refractivity contribution < 1.29 is 0 Å². The third-order valence-corrected chi connectivity index (χ3v) is 3.00. The third kappa shape index (κ3) is 2.70. The van der Waals surface area contributed by atoms with Gasteiger partial charge in [-0.05, 0) is 38.3 Å². The first-order valence-electron chi connectivity index (χ1n) is 5.80. The van der Waals surface area contributed by atoms with Gasteiger partial charge in [0.15, 0.2) is 0 Å². The Morgan fingerprint density at radius 3 is 2.75 bits per heavy atom. The van der Waals surface area contributed by atoms with Crippen LogP contribution in [-0.2, 0) is 0 Å². The van der Waals surface area contributed by atoms with Crippen molar-refractivity contribution in [2.75, 3.05) is 0 Å². The lowest BCUT2D eigenvalue weighted by Crippen LogP contribution is -2.13. The summed E-state index contributed by atoms with van der Waals surface area (Å²) in [5.41, 5.74) is 3.45. The molecule has 0 aromatic heterocycles. The van der Waals surface area contributed by atoms with Crippen LogP contribution >= 0.6 is 0 Å². The van der Waals surface area contributed by atoms with Crippen LogP contribution in [0.5, 0.6) is 0 Å². The fraction of sp³-hybridized carbons (Fsp3) is 0.429. The predicted octanol–water partition coefficient (Wildman–Crippen LogP) is 3.78. The van der Waals surface area contributed by atoms with Crippen LogP contribution in [0.25, 0.3) is 0 Å². The number of rotatable bonds is 1. The van der Waals surface area contributed by atoms with Crippen LogP contribution in [0.15, 0.2) is 29.3 Å². The highest BCUT2D eigenvalue weighted by Gasteiger charge is 2.17. The number of hydrogen-bond donors (Lipinski definition) is 0. The Bertz CT molecular complexity index is 423. The quantitative estimate of drug-likeness (QED) is 0.697. The highest BCUT2D eigenvalue weighted by atomic mass is 14.7. The molecule has 1 fully saturated rings. The van der Waals surface area contributed by atoms with Gasteiger partial charge >= 0.3 is 0 Å². The van der Waals surface area contributed by atoms with Crippen molar-refractivity contribution in [2.45, 2.75) is 32.6 Å². The minimum absolute atomic E-state index is 0.179. The third-order valence-electron chi connectivity index (χ3n) is 3.00. The van der Waals surface area contributed by atoms with Gasteiger partial charge < -0.3 is 0 Å². The highest BCUT2D eigenvalue weighted by Crippen LogP contribution is 2.24. The first-order valence-corrected chi connectivity index (χ1v) is 5.80. The van der Waals surface area contributed by atoms with E-state index < -0.39 is 0 Å². The SMILES string of the molecule is Cc1ccc(N=C2CCCC(C#N)C2)cc1. The van der Waals surface area contributed by atoms with E-state index in [2.05, 4.69) is 30.1 Å². The number of aryl methyl sites for hydroxylation is 1. The molecule has 0 saturated heterocycles. The number of aliphatic imine (C=N–C) groups is 1. The zero-order chi connectivity index (χ0) is 11.4. The molecule has 82 valence electrons.